The van der Waals surface area contributed by atoms with Crippen LogP contribution >= 0.6 is 11.6 Å². The van der Waals surface area contributed by atoms with Crippen molar-refractivity contribution < 1.29 is 14.6 Å². The van der Waals surface area contributed by atoms with Gasteiger partial charge in [0.2, 0.25) is 0 Å². The van der Waals surface area contributed by atoms with Gasteiger partial charge in [0.05, 0.1) is 6.04 Å². The lowest BCUT2D eigenvalue weighted by atomic mass is 10.00. The molecule has 2 aromatic rings. The summed E-state index contributed by atoms with van der Waals surface area (Å²) >= 11 is 5.86. The van der Waals surface area contributed by atoms with E-state index in [0.29, 0.717) is 16.3 Å². The molecule has 0 aliphatic carbocycles. The Hall–Kier alpha value is -1.88. The SMILES string of the molecule is Cc1cc(Cl)ccc1OCC(=O)C(N)C(O)c1ccccc1. The van der Waals surface area contributed by atoms with Gasteiger partial charge >= 0.3 is 0 Å². The molecular weight excluding hydrogens is 302 g/mol. The zero-order valence-corrected chi connectivity index (χ0v) is 13.0. The van der Waals surface area contributed by atoms with E-state index in [9.17, 15) is 9.90 Å². The molecule has 0 heterocycles. The van der Waals surface area contributed by atoms with Crippen LogP contribution in [-0.2, 0) is 4.79 Å². The van der Waals surface area contributed by atoms with Crippen LogP contribution in [0.15, 0.2) is 48.5 Å². The third-order valence-electron chi connectivity index (χ3n) is 3.36. The van der Waals surface area contributed by atoms with Gasteiger partial charge in [-0.25, -0.2) is 0 Å². The van der Waals surface area contributed by atoms with Crippen LogP contribution in [-0.4, -0.2) is 23.5 Å². The summed E-state index contributed by atoms with van der Waals surface area (Å²) < 4.78 is 5.46. The van der Waals surface area contributed by atoms with Gasteiger partial charge in [0.15, 0.2) is 5.78 Å². The molecule has 2 rings (SSSR count). The van der Waals surface area contributed by atoms with Crippen LogP contribution in [0.1, 0.15) is 17.2 Å². The van der Waals surface area contributed by atoms with Crippen molar-refractivity contribution in [3.05, 3.63) is 64.7 Å². The molecule has 0 amide bonds. The number of Topliss-reactive ketones (excluding diaryl/α,β-unsaturated/α-hetero) is 1. The van der Waals surface area contributed by atoms with E-state index in [2.05, 4.69) is 0 Å². The Kier molecular flexibility index (Phi) is 5.55. The molecule has 0 saturated heterocycles. The maximum atomic E-state index is 12.1. The second kappa shape index (κ2) is 7.40. The first-order valence-electron chi connectivity index (χ1n) is 6.89. The number of benzene rings is 2. The van der Waals surface area contributed by atoms with E-state index in [0.717, 1.165) is 5.56 Å². The Balaban J connectivity index is 1.97. The molecule has 0 spiro atoms. The van der Waals surface area contributed by atoms with Crippen LogP contribution < -0.4 is 10.5 Å². The van der Waals surface area contributed by atoms with E-state index in [-0.39, 0.29) is 12.4 Å². The lowest BCUT2D eigenvalue weighted by Crippen LogP contribution is -2.39. The highest BCUT2D eigenvalue weighted by atomic mass is 35.5. The lowest BCUT2D eigenvalue weighted by molar-refractivity contribution is -0.124. The Morgan fingerprint density at radius 3 is 2.59 bits per heavy atom. The summed E-state index contributed by atoms with van der Waals surface area (Å²) in [5.74, 6) is 0.199. The van der Waals surface area contributed by atoms with E-state index >= 15 is 0 Å². The van der Waals surface area contributed by atoms with E-state index < -0.39 is 12.1 Å². The van der Waals surface area contributed by atoms with Crippen molar-refractivity contribution in [2.75, 3.05) is 6.61 Å². The Morgan fingerprint density at radius 2 is 1.95 bits per heavy atom. The standard InChI is InChI=1S/C17H18ClNO3/c1-11-9-13(18)7-8-15(11)22-10-14(20)16(19)17(21)12-5-3-2-4-6-12/h2-9,16-17,21H,10,19H2,1H3. The molecule has 5 heteroatoms. The van der Waals surface area contributed by atoms with Gasteiger partial charge in [-0.3, -0.25) is 4.79 Å². The summed E-state index contributed by atoms with van der Waals surface area (Å²) in [6, 6.07) is 12.9. The molecule has 2 aromatic carbocycles. The lowest BCUT2D eigenvalue weighted by Gasteiger charge is -2.18. The molecule has 116 valence electrons. The number of ketones is 1. The fourth-order valence-corrected chi connectivity index (χ4v) is 2.28. The number of aryl methyl sites for hydroxylation is 1. The number of aliphatic hydroxyl groups is 1. The minimum Gasteiger partial charge on any atom is -0.485 e. The fourth-order valence-electron chi connectivity index (χ4n) is 2.05. The number of hydrogen-bond acceptors (Lipinski definition) is 4. The minimum absolute atomic E-state index is 0.201. The summed E-state index contributed by atoms with van der Waals surface area (Å²) in [5.41, 5.74) is 7.25. The van der Waals surface area contributed by atoms with E-state index in [1.165, 1.54) is 0 Å². The van der Waals surface area contributed by atoms with Crippen LogP contribution in [0.25, 0.3) is 0 Å². The van der Waals surface area contributed by atoms with Gasteiger partial charge in [-0.15, -0.1) is 0 Å². The molecule has 0 aliphatic heterocycles. The summed E-state index contributed by atoms with van der Waals surface area (Å²) in [6.07, 6.45) is -1.05. The van der Waals surface area contributed by atoms with E-state index in [1.54, 1.807) is 42.5 Å². The van der Waals surface area contributed by atoms with Gasteiger partial charge in [0.25, 0.3) is 0 Å². The third kappa shape index (κ3) is 4.07. The van der Waals surface area contributed by atoms with Gasteiger partial charge in [-0.2, -0.15) is 0 Å². The largest absolute Gasteiger partial charge is 0.485 e. The Morgan fingerprint density at radius 1 is 1.27 bits per heavy atom. The summed E-state index contributed by atoms with van der Waals surface area (Å²) in [6.45, 7) is 1.64. The highest BCUT2D eigenvalue weighted by Crippen LogP contribution is 2.22. The molecule has 0 fully saturated rings. The smallest absolute Gasteiger partial charge is 0.189 e. The van der Waals surface area contributed by atoms with Crippen molar-refractivity contribution in [2.24, 2.45) is 5.73 Å². The van der Waals surface area contributed by atoms with Crippen LogP contribution in [0, 0.1) is 6.92 Å². The van der Waals surface area contributed by atoms with Gasteiger partial charge in [0, 0.05) is 5.02 Å². The Labute approximate surface area is 134 Å². The average molecular weight is 320 g/mol. The average Bonchev–Trinajstić information content (AvgIpc) is 2.53. The number of hydrogen-bond donors (Lipinski definition) is 2. The number of nitrogens with two attached hydrogens (primary N) is 1. The van der Waals surface area contributed by atoms with Crippen molar-refractivity contribution in [1.29, 1.82) is 0 Å². The van der Waals surface area contributed by atoms with Crippen LogP contribution in [0.2, 0.25) is 5.02 Å². The van der Waals surface area contributed by atoms with Gasteiger partial charge < -0.3 is 15.6 Å². The first kappa shape index (κ1) is 16.5. The topological polar surface area (TPSA) is 72.5 Å². The molecular formula is C17H18ClNO3. The van der Waals surface area contributed by atoms with Gasteiger partial charge in [-0.1, -0.05) is 41.9 Å². The monoisotopic (exact) mass is 319 g/mol. The van der Waals surface area contributed by atoms with Gasteiger partial charge in [-0.05, 0) is 36.2 Å². The van der Waals surface area contributed by atoms with E-state index in [1.807, 2.05) is 13.0 Å². The number of carbonyl (C=O) groups is 1. The molecule has 0 saturated carbocycles. The number of rotatable bonds is 6. The first-order chi connectivity index (χ1) is 10.5. The van der Waals surface area contributed by atoms with Crippen LogP contribution in [0.3, 0.4) is 0 Å². The highest BCUT2D eigenvalue weighted by molar-refractivity contribution is 6.30. The highest BCUT2D eigenvalue weighted by Gasteiger charge is 2.24. The van der Waals surface area contributed by atoms with Crippen LogP contribution in [0.4, 0.5) is 0 Å². The van der Waals surface area contributed by atoms with Crippen molar-refractivity contribution in [2.45, 2.75) is 19.1 Å². The summed E-state index contributed by atoms with van der Waals surface area (Å²) in [4.78, 5) is 12.1. The predicted molar refractivity (Wildman–Crippen MR) is 86.1 cm³/mol. The van der Waals surface area contributed by atoms with E-state index in [4.69, 9.17) is 22.1 Å². The summed E-state index contributed by atoms with van der Waals surface area (Å²) in [7, 11) is 0. The second-order valence-corrected chi connectivity index (χ2v) is 5.48. The van der Waals surface area contributed by atoms with Crippen molar-refractivity contribution in [3.8, 4) is 5.75 Å². The number of aliphatic hydroxyl groups excluding tert-OH is 1. The molecule has 0 aliphatic rings. The van der Waals surface area contributed by atoms with Crippen LogP contribution in [0.5, 0.6) is 5.75 Å². The molecule has 2 atom stereocenters. The number of halogens is 1. The van der Waals surface area contributed by atoms with Gasteiger partial charge in [0.1, 0.15) is 18.5 Å². The molecule has 0 bridgehead atoms. The molecule has 0 radical (unpaired) electrons. The maximum absolute atomic E-state index is 12.1. The van der Waals surface area contributed by atoms with Crippen molar-refractivity contribution in [1.82, 2.24) is 0 Å². The van der Waals surface area contributed by atoms with Crippen molar-refractivity contribution in [3.63, 3.8) is 0 Å². The normalized spacial score (nSPS) is 13.5. The second-order valence-electron chi connectivity index (χ2n) is 5.05. The molecule has 4 nitrogen and oxygen atoms in total. The zero-order chi connectivity index (χ0) is 16.1. The number of carbonyl (C=O) groups excluding carboxylic acids is 1. The number of ether oxygens (including phenoxy) is 1. The fraction of sp³-hybridized carbons (Fsp3) is 0.235. The summed E-state index contributed by atoms with van der Waals surface area (Å²) in [5, 5.41) is 10.7. The molecule has 0 aromatic heterocycles. The zero-order valence-electron chi connectivity index (χ0n) is 12.2. The quantitative estimate of drug-likeness (QED) is 0.858. The molecule has 2 unspecified atom stereocenters. The molecule has 3 N–H and O–H groups in total. The van der Waals surface area contributed by atoms with Crippen molar-refractivity contribution >= 4 is 17.4 Å². The Bertz CT molecular complexity index is 646. The maximum Gasteiger partial charge on any atom is 0.189 e. The minimum atomic E-state index is -1.05. The first-order valence-corrected chi connectivity index (χ1v) is 7.27. The molecule has 22 heavy (non-hydrogen) atoms. The predicted octanol–water partition coefficient (Wildman–Crippen LogP) is 2.66. The third-order valence-corrected chi connectivity index (χ3v) is 3.60.